The number of fused-ring (bicyclic) bond motifs is 5. The molecule has 0 spiro atoms. The fourth-order valence-corrected chi connectivity index (χ4v) is 8.90. The van der Waals surface area contributed by atoms with Crippen LogP contribution in [0.4, 0.5) is 0 Å². The third-order valence-electron chi connectivity index (χ3n) is 11.3. The molecule has 0 saturated heterocycles. The summed E-state index contributed by atoms with van der Waals surface area (Å²) in [5.41, 5.74) is -1.17. The van der Waals surface area contributed by atoms with Gasteiger partial charge in [0.25, 0.3) is 0 Å². The van der Waals surface area contributed by atoms with Crippen molar-refractivity contribution in [1.82, 2.24) is 0 Å². The van der Waals surface area contributed by atoms with Gasteiger partial charge in [-0.25, -0.2) is 4.79 Å². The first-order chi connectivity index (χ1) is 15.9. The number of esters is 1. The third kappa shape index (κ3) is 2.85. The van der Waals surface area contributed by atoms with Crippen LogP contribution in [0.1, 0.15) is 85.5 Å². The Balaban J connectivity index is 1.48. The Kier molecular flexibility index (Phi) is 5.52. The van der Waals surface area contributed by atoms with E-state index >= 15 is 0 Å². The molecule has 1 aliphatic heterocycles. The summed E-state index contributed by atoms with van der Waals surface area (Å²) >= 11 is 0. The molecular weight excluding hydrogens is 432 g/mol. The van der Waals surface area contributed by atoms with Crippen LogP contribution in [-0.2, 0) is 14.3 Å². The van der Waals surface area contributed by atoms with Crippen molar-refractivity contribution in [1.29, 1.82) is 0 Å². The molecule has 4 aliphatic carbocycles. The zero-order valence-corrected chi connectivity index (χ0v) is 21.0. The van der Waals surface area contributed by atoms with Crippen molar-refractivity contribution >= 4 is 11.8 Å². The van der Waals surface area contributed by atoms with Gasteiger partial charge in [-0.3, -0.25) is 4.79 Å². The van der Waals surface area contributed by atoms with E-state index in [0.29, 0.717) is 43.5 Å². The maximum atomic E-state index is 13.2. The molecule has 1 unspecified atom stereocenters. The number of ether oxygens (including phenoxy) is 1. The molecule has 1 heterocycles. The SMILES string of the molecule is CC1=C(CO)C(=O)OC([C@@H](C)[C@@]2(O)CC[C@@]3(O)[C@@H]4CC=C5CCCC(=O)[C@]5(C)[C@H]4CC[C@@]32C)C1. The number of carbonyl (C=O) groups is 2. The summed E-state index contributed by atoms with van der Waals surface area (Å²) in [6, 6.07) is 0. The van der Waals surface area contributed by atoms with Crippen LogP contribution in [0.15, 0.2) is 22.8 Å². The first-order valence-electron chi connectivity index (χ1n) is 13.1. The van der Waals surface area contributed by atoms with Gasteiger partial charge in [0.05, 0.1) is 28.8 Å². The first-order valence-corrected chi connectivity index (χ1v) is 13.1. The number of Topliss-reactive ketones (excluding diaryl/α,β-unsaturated/α-hetero) is 1. The minimum atomic E-state index is -1.20. The number of aliphatic hydroxyl groups is 3. The molecule has 0 aromatic carbocycles. The maximum absolute atomic E-state index is 13.2. The molecule has 3 saturated carbocycles. The smallest absolute Gasteiger partial charge is 0.336 e. The van der Waals surface area contributed by atoms with E-state index in [0.717, 1.165) is 31.3 Å². The maximum Gasteiger partial charge on any atom is 0.336 e. The Hall–Kier alpha value is -1.50. The molecular formula is C28H40O6. The number of hydrogen-bond donors (Lipinski definition) is 3. The van der Waals surface area contributed by atoms with Crippen LogP contribution in [0, 0.1) is 28.6 Å². The first kappa shape index (κ1) is 24.2. The van der Waals surface area contributed by atoms with Gasteiger partial charge in [0.2, 0.25) is 0 Å². The fraction of sp³-hybridized carbons (Fsp3) is 0.786. The van der Waals surface area contributed by atoms with Crippen molar-refractivity contribution in [3.05, 3.63) is 22.8 Å². The molecule has 0 radical (unpaired) electrons. The van der Waals surface area contributed by atoms with Crippen LogP contribution >= 0.6 is 0 Å². The second-order valence-electron chi connectivity index (χ2n) is 12.2. The number of rotatable bonds is 3. The minimum Gasteiger partial charge on any atom is -0.458 e. The van der Waals surface area contributed by atoms with Crippen molar-refractivity contribution in [3.8, 4) is 0 Å². The average molecular weight is 473 g/mol. The number of hydrogen-bond acceptors (Lipinski definition) is 6. The standard InChI is InChI=1S/C28H40O6/c1-16-14-22(34-24(31)19(16)15-29)17(2)27(32)12-13-28(33)21-9-8-18-6-5-7-23(30)26(18,4)20(21)10-11-25(27,28)3/h8,17,20-22,29,32-33H,5-7,9-15H2,1-4H3/t17-,20+,21-,22?,25-,26+,27+,28-/m1/s1. The largest absolute Gasteiger partial charge is 0.458 e. The summed E-state index contributed by atoms with van der Waals surface area (Å²) < 4.78 is 5.71. The van der Waals surface area contributed by atoms with E-state index < -0.39 is 34.1 Å². The van der Waals surface area contributed by atoms with E-state index in [-0.39, 0.29) is 24.4 Å². The van der Waals surface area contributed by atoms with Gasteiger partial charge in [0, 0.05) is 24.2 Å². The number of ketones is 1. The molecule has 6 nitrogen and oxygen atoms in total. The molecule has 34 heavy (non-hydrogen) atoms. The van der Waals surface area contributed by atoms with Gasteiger partial charge in [-0.05, 0) is 70.6 Å². The van der Waals surface area contributed by atoms with Crippen molar-refractivity contribution in [2.45, 2.75) is 103 Å². The lowest BCUT2D eigenvalue weighted by molar-refractivity contribution is -0.233. The van der Waals surface area contributed by atoms with Gasteiger partial charge in [-0.15, -0.1) is 0 Å². The zero-order chi connectivity index (χ0) is 24.7. The summed E-state index contributed by atoms with van der Waals surface area (Å²) in [6.45, 7) is 7.54. The molecule has 0 bridgehead atoms. The lowest BCUT2D eigenvalue weighted by Gasteiger charge is -2.62. The van der Waals surface area contributed by atoms with Crippen molar-refractivity contribution in [2.24, 2.45) is 28.6 Å². The summed E-state index contributed by atoms with van der Waals surface area (Å²) in [5, 5.41) is 34.2. The van der Waals surface area contributed by atoms with E-state index in [1.165, 1.54) is 5.57 Å². The summed E-state index contributed by atoms with van der Waals surface area (Å²) in [5.74, 6) is -0.545. The van der Waals surface area contributed by atoms with Gasteiger partial charge in [-0.1, -0.05) is 31.1 Å². The molecule has 3 fully saturated rings. The molecule has 3 N–H and O–H groups in total. The van der Waals surface area contributed by atoms with E-state index in [4.69, 9.17) is 4.74 Å². The Labute approximate surface area is 202 Å². The molecule has 0 aromatic heterocycles. The van der Waals surface area contributed by atoms with E-state index in [1.807, 2.05) is 20.8 Å². The highest BCUT2D eigenvalue weighted by atomic mass is 16.5. The lowest BCUT2D eigenvalue weighted by atomic mass is 9.44. The number of carbonyl (C=O) groups excluding carboxylic acids is 2. The van der Waals surface area contributed by atoms with Crippen LogP contribution in [0.25, 0.3) is 0 Å². The quantitative estimate of drug-likeness (QED) is 0.428. The molecule has 0 amide bonds. The summed E-state index contributed by atoms with van der Waals surface area (Å²) in [7, 11) is 0. The third-order valence-corrected chi connectivity index (χ3v) is 11.3. The van der Waals surface area contributed by atoms with Crippen molar-refractivity contribution in [3.63, 3.8) is 0 Å². The molecule has 188 valence electrons. The molecule has 5 aliphatic rings. The number of cyclic esters (lactones) is 1. The molecule has 8 atom stereocenters. The highest BCUT2D eigenvalue weighted by Gasteiger charge is 2.73. The summed E-state index contributed by atoms with van der Waals surface area (Å²) in [6.07, 6.45) is 7.81. The summed E-state index contributed by atoms with van der Waals surface area (Å²) in [4.78, 5) is 25.7. The Morgan fingerprint density at radius 1 is 1.12 bits per heavy atom. The highest BCUT2D eigenvalue weighted by molar-refractivity contribution is 5.90. The average Bonchev–Trinajstić information content (AvgIpc) is 3.01. The van der Waals surface area contributed by atoms with Gasteiger partial charge in [-0.2, -0.15) is 0 Å². The molecule has 0 aromatic rings. The minimum absolute atomic E-state index is 0.0696. The molecule has 5 rings (SSSR count). The predicted octanol–water partition coefficient (Wildman–Crippen LogP) is 3.62. The molecule has 6 heteroatoms. The second-order valence-corrected chi connectivity index (χ2v) is 12.2. The predicted molar refractivity (Wildman–Crippen MR) is 127 cm³/mol. The van der Waals surface area contributed by atoms with E-state index in [2.05, 4.69) is 13.0 Å². The second kappa shape index (κ2) is 7.75. The highest BCUT2D eigenvalue weighted by Crippen LogP contribution is 2.69. The van der Waals surface area contributed by atoms with Gasteiger partial charge < -0.3 is 20.1 Å². The van der Waals surface area contributed by atoms with Crippen LogP contribution in [0.2, 0.25) is 0 Å². The van der Waals surface area contributed by atoms with Gasteiger partial charge in [0.1, 0.15) is 11.9 Å². The van der Waals surface area contributed by atoms with Gasteiger partial charge in [0.15, 0.2) is 0 Å². The number of aliphatic hydroxyl groups excluding tert-OH is 1. The van der Waals surface area contributed by atoms with Crippen LogP contribution < -0.4 is 0 Å². The van der Waals surface area contributed by atoms with E-state index in [1.54, 1.807) is 0 Å². The topological polar surface area (TPSA) is 104 Å². The number of allylic oxidation sites excluding steroid dienone is 2. The van der Waals surface area contributed by atoms with Gasteiger partial charge >= 0.3 is 5.97 Å². The normalized spacial score (nSPS) is 47.4. The Morgan fingerprint density at radius 2 is 1.85 bits per heavy atom. The van der Waals surface area contributed by atoms with Crippen molar-refractivity contribution < 1.29 is 29.6 Å². The Morgan fingerprint density at radius 3 is 2.53 bits per heavy atom. The van der Waals surface area contributed by atoms with E-state index in [9.17, 15) is 24.9 Å². The monoisotopic (exact) mass is 472 g/mol. The van der Waals surface area contributed by atoms with Crippen molar-refractivity contribution in [2.75, 3.05) is 6.61 Å². The lowest BCUT2D eigenvalue weighted by Crippen LogP contribution is -2.66. The Bertz CT molecular complexity index is 981. The van der Waals surface area contributed by atoms with Crippen LogP contribution in [0.5, 0.6) is 0 Å². The van der Waals surface area contributed by atoms with Crippen LogP contribution in [-0.4, -0.2) is 51.0 Å². The fourth-order valence-electron chi connectivity index (χ4n) is 8.90. The van der Waals surface area contributed by atoms with Crippen LogP contribution in [0.3, 0.4) is 0 Å². The zero-order valence-electron chi connectivity index (χ0n) is 21.0.